The third-order valence-electron chi connectivity index (χ3n) is 3.86. The van der Waals surface area contributed by atoms with Gasteiger partial charge in [-0.15, -0.1) is 13.2 Å². The fraction of sp³-hybridized carbons (Fsp3) is 0.357. The van der Waals surface area contributed by atoms with E-state index in [1.54, 1.807) is 24.3 Å². The van der Waals surface area contributed by atoms with E-state index in [0.717, 1.165) is 0 Å². The number of benzene rings is 1. The Bertz CT molecular complexity index is 612. The maximum Gasteiger partial charge on any atom is 0.572 e. The van der Waals surface area contributed by atoms with E-state index in [1.165, 1.54) is 6.08 Å². The lowest BCUT2D eigenvalue weighted by atomic mass is 9.79. The Morgan fingerprint density at radius 3 is 2.71 bits per heavy atom. The molecule has 4 nitrogen and oxygen atoms in total. The highest BCUT2D eigenvalue weighted by Gasteiger charge is 2.47. The Morgan fingerprint density at radius 1 is 1.33 bits per heavy atom. The molecule has 0 radical (unpaired) electrons. The molecule has 3 rings (SSSR count). The molecule has 1 aliphatic heterocycles. The number of nitrogens with one attached hydrogen (secondary N) is 1. The highest BCUT2D eigenvalue weighted by molar-refractivity contribution is 5.80. The van der Waals surface area contributed by atoms with Gasteiger partial charge in [0.05, 0.1) is 0 Å². The lowest BCUT2D eigenvalue weighted by Gasteiger charge is -2.35. The van der Waals surface area contributed by atoms with Gasteiger partial charge in [-0.1, -0.05) is 18.2 Å². The number of carboxylic acid groups (broad SMARTS) is 1. The molecular formula is C14H12F3NO3. The van der Waals surface area contributed by atoms with Crippen molar-refractivity contribution in [3.05, 3.63) is 41.7 Å². The fourth-order valence-electron chi connectivity index (χ4n) is 3.10. The van der Waals surface area contributed by atoms with Crippen LogP contribution in [0.4, 0.5) is 18.9 Å². The van der Waals surface area contributed by atoms with Gasteiger partial charge in [-0.3, -0.25) is 0 Å². The first-order valence-electron chi connectivity index (χ1n) is 6.41. The molecule has 1 aliphatic carbocycles. The van der Waals surface area contributed by atoms with Crippen molar-refractivity contribution in [2.24, 2.45) is 5.92 Å². The van der Waals surface area contributed by atoms with Crippen molar-refractivity contribution >= 4 is 11.7 Å². The first-order valence-corrected chi connectivity index (χ1v) is 6.41. The van der Waals surface area contributed by atoms with Gasteiger partial charge in [-0.25, -0.2) is 4.79 Å². The minimum atomic E-state index is -4.78. The first-order chi connectivity index (χ1) is 9.87. The van der Waals surface area contributed by atoms with E-state index in [1.807, 2.05) is 0 Å². The summed E-state index contributed by atoms with van der Waals surface area (Å²) in [7, 11) is 0. The number of aliphatic carboxylic acids is 1. The van der Waals surface area contributed by atoms with Crippen molar-refractivity contribution in [2.75, 3.05) is 5.32 Å². The van der Waals surface area contributed by atoms with Gasteiger partial charge >= 0.3 is 12.3 Å². The van der Waals surface area contributed by atoms with Gasteiger partial charge in [0.15, 0.2) is 0 Å². The number of para-hydroxylation sites is 1. The number of halogens is 3. The van der Waals surface area contributed by atoms with Gasteiger partial charge in [0.25, 0.3) is 0 Å². The molecule has 1 aromatic rings. The van der Waals surface area contributed by atoms with Gasteiger partial charge < -0.3 is 15.2 Å². The monoisotopic (exact) mass is 299 g/mol. The molecule has 3 atom stereocenters. The van der Waals surface area contributed by atoms with E-state index in [0.29, 0.717) is 11.3 Å². The quantitative estimate of drug-likeness (QED) is 0.881. The second-order valence-electron chi connectivity index (χ2n) is 5.08. The van der Waals surface area contributed by atoms with Crippen molar-refractivity contribution < 1.29 is 27.8 Å². The zero-order valence-electron chi connectivity index (χ0n) is 10.7. The van der Waals surface area contributed by atoms with Crippen LogP contribution in [0, 0.1) is 5.92 Å². The van der Waals surface area contributed by atoms with E-state index < -0.39 is 30.2 Å². The van der Waals surface area contributed by atoms with Crippen molar-refractivity contribution in [3.63, 3.8) is 0 Å². The van der Waals surface area contributed by atoms with Gasteiger partial charge in [0.2, 0.25) is 0 Å². The summed E-state index contributed by atoms with van der Waals surface area (Å²) in [5, 5.41) is 12.2. The maximum absolute atomic E-state index is 12.5. The molecule has 0 amide bonds. The number of ether oxygens (including phenoxy) is 1. The summed E-state index contributed by atoms with van der Waals surface area (Å²) < 4.78 is 41.6. The topological polar surface area (TPSA) is 58.6 Å². The van der Waals surface area contributed by atoms with Crippen LogP contribution in [0.2, 0.25) is 0 Å². The van der Waals surface area contributed by atoms with Crippen LogP contribution in [0.3, 0.4) is 0 Å². The highest BCUT2D eigenvalue weighted by Crippen LogP contribution is 2.49. The van der Waals surface area contributed by atoms with E-state index in [2.05, 4.69) is 10.1 Å². The minimum Gasteiger partial charge on any atom is -0.480 e. The van der Waals surface area contributed by atoms with Crippen LogP contribution < -0.4 is 5.32 Å². The number of fused-ring (bicyclic) bond motifs is 3. The van der Waals surface area contributed by atoms with E-state index in [4.69, 9.17) is 0 Å². The highest BCUT2D eigenvalue weighted by atomic mass is 19.4. The molecule has 1 aromatic carbocycles. The zero-order chi connectivity index (χ0) is 15.2. The molecule has 2 N–H and O–H groups in total. The summed E-state index contributed by atoms with van der Waals surface area (Å²) in [4.78, 5) is 11.4. The van der Waals surface area contributed by atoms with Crippen molar-refractivity contribution in [2.45, 2.75) is 24.7 Å². The van der Waals surface area contributed by atoms with Crippen LogP contribution in [0.5, 0.6) is 0 Å². The lowest BCUT2D eigenvalue weighted by Crippen LogP contribution is -2.42. The Kier molecular flexibility index (Phi) is 3.07. The second kappa shape index (κ2) is 4.68. The predicted molar refractivity (Wildman–Crippen MR) is 67.6 cm³/mol. The van der Waals surface area contributed by atoms with E-state index in [9.17, 15) is 23.1 Å². The summed E-state index contributed by atoms with van der Waals surface area (Å²) >= 11 is 0. The van der Waals surface area contributed by atoms with Gasteiger partial charge in [0, 0.05) is 17.5 Å². The molecule has 21 heavy (non-hydrogen) atoms. The van der Waals surface area contributed by atoms with Gasteiger partial charge in [-0.05, 0) is 24.1 Å². The molecule has 2 aliphatic rings. The van der Waals surface area contributed by atoms with Gasteiger partial charge in [0.1, 0.15) is 11.8 Å². The van der Waals surface area contributed by atoms with Crippen molar-refractivity contribution in [1.82, 2.24) is 0 Å². The SMILES string of the molecule is O=C(O)C1Nc2ccccc2C2C(OC(F)(F)F)=CCC12. The summed E-state index contributed by atoms with van der Waals surface area (Å²) in [5.41, 5.74) is 1.16. The Balaban J connectivity index is 2.01. The van der Waals surface area contributed by atoms with Crippen LogP contribution in [-0.4, -0.2) is 23.5 Å². The molecule has 0 saturated heterocycles. The standard InChI is InChI=1S/C14H12F3NO3/c15-14(16,17)21-10-6-5-8-11(10)7-3-1-2-4-9(7)18-12(8)13(19)20/h1-4,6,8,11-12,18H,5H2,(H,19,20). The van der Waals surface area contributed by atoms with Crippen LogP contribution in [0.15, 0.2) is 36.1 Å². The van der Waals surface area contributed by atoms with Gasteiger partial charge in [-0.2, -0.15) is 0 Å². The van der Waals surface area contributed by atoms with Crippen molar-refractivity contribution in [1.29, 1.82) is 0 Å². The lowest BCUT2D eigenvalue weighted by molar-refractivity contribution is -0.307. The predicted octanol–water partition coefficient (Wildman–Crippen LogP) is 3.09. The Hall–Kier alpha value is -2.18. The number of hydrogen-bond acceptors (Lipinski definition) is 3. The molecular weight excluding hydrogens is 287 g/mol. The van der Waals surface area contributed by atoms with Crippen LogP contribution in [-0.2, 0) is 9.53 Å². The summed E-state index contributed by atoms with van der Waals surface area (Å²) in [6.07, 6.45) is -3.21. The van der Waals surface area contributed by atoms with E-state index in [-0.39, 0.29) is 12.2 Å². The number of rotatable bonds is 2. The first kappa shape index (κ1) is 13.8. The average molecular weight is 299 g/mol. The zero-order valence-corrected chi connectivity index (χ0v) is 10.7. The Labute approximate surface area is 118 Å². The number of carboxylic acids is 1. The number of anilines is 1. The average Bonchev–Trinajstić information content (AvgIpc) is 2.79. The second-order valence-corrected chi connectivity index (χ2v) is 5.08. The number of hydrogen-bond donors (Lipinski definition) is 2. The largest absolute Gasteiger partial charge is 0.572 e. The summed E-state index contributed by atoms with van der Waals surface area (Å²) in [5.74, 6) is -2.48. The fourth-order valence-corrected chi connectivity index (χ4v) is 3.10. The molecule has 7 heteroatoms. The maximum atomic E-state index is 12.5. The molecule has 0 aromatic heterocycles. The van der Waals surface area contributed by atoms with Crippen molar-refractivity contribution in [3.8, 4) is 0 Å². The molecule has 0 fully saturated rings. The molecule has 3 unspecified atom stereocenters. The third kappa shape index (κ3) is 2.43. The molecule has 112 valence electrons. The molecule has 1 heterocycles. The summed E-state index contributed by atoms with van der Waals surface area (Å²) in [6, 6.07) is 5.83. The van der Waals surface area contributed by atoms with E-state index >= 15 is 0 Å². The molecule has 0 saturated carbocycles. The van der Waals surface area contributed by atoms with Crippen LogP contribution in [0.25, 0.3) is 0 Å². The number of allylic oxidation sites excluding steroid dienone is 2. The number of alkyl halides is 3. The smallest absolute Gasteiger partial charge is 0.480 e. The summed E-state index contributed by atoms with van der Waals surface area (Å²) in [6.45, 7) is 0. The third-order valence-corrected chi connectivity index (χ3v) is 3.86. The van der Waals surface area contributed by atoms with Crippen LogP contribution in [0.1, 0.15) is 17.9 Å². The van der Waals surface area contributed by atoms with Crippen LogP contribution >= 0.6 is 0 Å². The normalized spacial score (nSPS) is 27.2. The molecule has 0 bridgehead atoms. The number of carbonyl (C=O) groups is 1. The molecule has 0 spiro atoms. The Morgan fingerprint density at radius 2 is 2.05 bits per heavy atom. The minimum absolute atomic E-state index is 0.215.